The van der Waals surface area contributed by atoms with E-state index in [1.54, 1.807) is 12.0 Å². The summed E-state index contributed by atoms with van der Waals surface area (Å²) in [6, 6.07) is 7.60. The molecule has 1 fully saturated rings. The highest BCUT2D eigenvalue weighted by molar-refractivity contribution is 6.05. The first kappa shape index (κ1) is 17.9. The topological polar surface area (TPSA) is 85.8 Å². The van der Waals surface area contributed by atoms with Gasteiger partial charge in [-0.25, -0.2) is 0 Å². The van der Waals surface area contributed by atoms with E-state index in [2.05, 4.69) is 4.98 Å². The molecule has 1 aliphatic rings. The van der Waals surface area contributed by atoms with Crippen molar-refractivity contribution in [3.05, 3.63) is 36.0 Å². The molecule has 0 aliphatic carbocycles. The molecule has 25 heavy (non-hydrogen) atoms. The van der Waals surface area contributed by atoms with Crippen molar-refractivity contribution in [3.63, 3.8) is 0 Å². The van der Waals surface area contributed by atoms with Gasteiger partial charge in [-0.2, -0.15) is 0 Å². The Bertz CT molecular complexity index is 729. The predicted molar refractivity (Wildman–Crippen MR) is 95.5 cm³/mol. The molecule has 2 atom stereocenters. The second-order valence-corrected chi connectivity index (χ2v) is 6.90. The van der Waals surface area contributed by atoms with E-state index in [0.717, 1.165) is 17.3 Å². The minimum Gasteiger partial charge on any atom is -0.396 e. The molecule has 0 radical (unpaired) electrons. The standard InChI is InChI=1S/C19H26N2O4/c1-25-11-3-8-19(13-22)12-21(10-7-16(19)23)18(24)15-5-2-4-14-6-9-20-17(14)15/h2,4-6,9,16,20,22-23H,3,7-8,10-13H2,1H3/t16-,19+/m1/s1. The Kier molecular flexibility index (Phi) is 5.42. The molecule has 0 saturated carbocycles. The van der Waals surface area contributed by atoms with E-state index in [1.165, 1.54) is 0 Å². The number of fused-ring (bicyclic) bond motifs is 1. The molecular weight excluding hydrogens is 320 g/mol. The summed E-state index contributed by atoms with van der Waals surface area (Å²) in [5.74, 6) is -0.0653. The summed E-state index contributed by atoms with van der Waals surface area (Å²) in [7, 11) is 1.63. The van der Waals surface area contributed by atoms with Gasteiger partial charge in [0, 0.05) is 43.8 Å². The average molecular weight is 346 g/mol. The zero-order chi connectivity index (χ0) is 17.9. The number of aromatic amines is 1. The molecule has 3 N–H and O–H groups in total. The van der Waals surface area contributed by atoms with E-state index in [9.17, 15) is 15.0 Å². The quantitative estimate of drug-likeness (QED) is 0.696. The number of hydrogen-bond donors (Lipinski definition) is 3. The Hall–Kier alpha value is -1.89. The number of ether oxygens (including phenoxy) is 1. The first-order chi connectivity index (χ1) is 12.1. The summed E-state index contributed by atoms with van der Waals surface area (Å²) in [6.07, 6.45) is 3.04. The van der Waals surface area contributed by atoms with E-state index in [4.69, 9.17) is 4.74 Å². The molecule has 0 bridgehead atoms. The predicted octanol–water partition coefficient (Wildman–Crippen LogP) is 1.78. The molecule has 2 heterocycles. The molecule has 136 valence electrons. The van der Waals surface area contributed by atoms with Gasteiger partial charge in [0.25, 0.3) is 5.91 Å². The fourth-order valence-electron chi connectivity index (χ4n) is 3.80. The largest absolute Gasteiger partial charge is 0.396 e. The maximum absolute atomic E-state index is 13.1. The second kappa shape index (κ2) is 7.56. The number of hydrogen-bond acceptors (Lipinski definition) is 4. The van der Waals surface area contributed by atoms with Crippen LogP contribution in [0.4, 0.5) is 0 Å². The third-order valence-electron chi connectivity index (χ3n) is 5.33. The van der Waals surface area contributed by atoms with Crippen LogP contribution < -0.4 is 0 Å². The third-order valence-corrected chi connectivity index (χ3v) is 5.33. The Labute approximate surface area is 147 Å². The minimum absolute atomic E-state index is 0.0653. The second-order valence-electron chi connectivity index (χ2n) is 6.90. The lowest BCUT2D eigenvalue weighted by molar-refractivity contribution is -0.0744. The Morgan fingerprint density at radius 2 is 2.28 bits per heavy atom. The van der Waals surface area contributed by atoms with E-state index in [0.29, 0.717) is 38.1 Å². The molecule has 6 heteroatoms. The molecule has 1 aliphatic heterocycles. The van der Waals surface area contributed by atoms with Crippen LogP contribution in [0.15, 0.2) is 30.5 Å². The number of nitrogens with one attached hydrogen (secondary N) is 1. The molecule has 1 aromatic heterocycles. The number of benzene rings is 1. The number of aliphatic hydroxyl groups is 2. The van der Waals surface area contributed by atoms with E-state index in [-0.39, 0.29) is 12.5 Å². The lowest BCUT2D eigenvalue weighted by atomic mass is 9.74. The summed E-state index contributed by atoms with van der Waals surface area (Å²) in [5, 5.41) is 21.5. The number of para-hydroxylation sites is 1. The highest BCUT2D eigenvalue weighted by atomic mass is 16.5. The number of rotatable bonds is 6. The van der Waals surface area contributed by atoms with Crippen LogP contribution >= 0.6 is 0 Å². The van der Waals surface area contributed by atoms with Crippen LogP contribution in [-0.4, -0.2) is 65.5 Å². The Balaban J connectivity index is 1.82. The number of H-pyrrole nitrogens is 1. The van der Waals surface area contributed by atoms with Gasteiger partial charge in [-0.15, -0.1) is 0 Å². The molecule has 0 spiro atoms. The number of aromatic nitrogens is 1. The van der Waals surface area contributed by atoms with Crippen molar-refractivity contribution in [3.8, 4) is 0 Å². The van der Waals surface area contributed by atoms with Crippen molar-refractivity contribution < 1.29 is 19.7 Å². The van der Waals surface area contributed by atoms with Crippen LogP contribution in [0.1, 0.15) is 29.6 Å². The maximum Gasteiger partial charge on any atom is 0.256 e. The molecule has 1 amide bonds. The zero-order valence-electron chi connectivity index (χ0n) is 14.6. The van der Waals surface area contributed by atoms with Gasteiger partial charge in [0.15, 0.2) is 0 Å². The molecular formula is C19H26N2O4. The lowest BCUT2D eigenvalue weighted by Crippen LogP contribution is -2.55. The van der Waals surface area contributed by atoms with Crippen LogP contribution in [0.3, 0.4) is 0 Å². The van der Waals surface area contributed by atoms with Gasteiger partial charge in [-0.3, -0.25) is 4.79 Å². The number of likely N-dealkylation sites (tertiary alicyclic amines) is 1. The molecule has 3 rings (SSSR count). The van der Waals surface area contributed by atoms with E-state index < -0.39 is 11.5 Å². The van der Waals surface area contributed by atoms with E-state index >= 15 is 0 Å². The minimum atomic E-state index is -0.684. The van der Waals surface area contributed by atoms with Crippen molar-refractivity contribution in [2.45, 2.75) is 25.4 Å². The maximum atomic E-state index is 13.1. The van der Waals surface area contributed by atoms with Gasteiger partial charge < -0.3 is 24.8 Å². The van der Waals surface area contributed by atoms with Crippen LogP contribution in [0.5, 0.6) is 0 Å². The third kappa shape index (κ3) is 3.42. The SMILES string of the molecule is COCCC[C@@]1(CO)CN(C(=O)c2cccc3cc[nH]c23)CC[C@H]1O. The van der Waals surface area contributed by atoms with Crippen molar-refractivity contribution in [1.29, 1.82) is 0 Å². The van der Waals surface area contributed by atoms with Crippen molar-refractivity contribution in [1.82, 2.24) is 9.88 Å². The molecule has 6 nitrogen and oxygen atoms in total. The van der Waals surface area contributed by atoms with Gasteiger partial charge in [-0.05, 0) is 31.4 Å². The van der Waals surface area contributed by atoms with Gasteiger partial charge in [0.2, 0.25) is 0 Å². The number of nitrogens with zero attached hydrogens (tertiary/aromatic N) is 1. The zero-order valence-corrected chi connectivity index (χ0v) is 14.6. The molecule has 1 saturated heterocycles. The van der Waals surface area contributed by atoms with Crippen LogP contribution in [-0.2, 0) is 4.74 Å². The summed E-state index contributed by atoms with van der Waals surface area (Å²) < 4.78 is 5.09. The number of amides is 1. The number of carbonyl (C=O) groups is 1. The lowest BCUT2D eigenvalue weighted by Gasteiger charge is -2.45. The number of aliphatic hydroxyl groups excluding tert-OH is 2. The molecule has 1 aromatic carbocycles. The first-order valence-electron chi connectivity index (χ1n) is 8.74. The Morgan fingerprint density at radius 3 is 3.04 bits per heavy atom. The fourth-order valence-corrected chi connectivity index (χ4v) is 3.80. The van der Waals surface area contributed by atoms with Gasteiger partial charge in [0.05, 0.1) is 23.8 Å². The highest BCUT2D eigenvalue weighted by Gasteiger charge is 2.43. The number of piperidine rings is 1. The molecule has 2 aromatic rings. The van der Waals surface area contributed by atoms with Gasteiger partial charge in [-0.1, -0.05) is 12.1 Å². The molecule has 0 unspecified atom stereocenters. The normalized spacial score (nSPS) is 24.0. The summed E-state index contributed by atoms with van der Waals surface area (Å²) >= 11 is 0. The monoisotopic (exact) mass is 346 g/mol. The van der Waals surface area contributed by atoms with Crippen LogP contribution in [0.2, 0.25) is 0 Å². The Morgan fingerprint density at radius 1 is 1.44 bits per heavy atom. The van der Waals surface area contributed by atoms with Crippen molar-refractivity contribution in [2.24, 2.45) is 5.41 Å². The van der Waals surface area contributed by atoms with Crippen molar-refractivity contribution >= 4 is 16.8 Å². The van der Waals surface area contributed by atoms with Gasteiger partial charge >= 0.3 is 0 Å². The first-order valence-corrected chi connectivity index (χ1v) is 8.74. The van der Waals surface area contributed by atoms with E-state index in [1.807, 2.05) is 30.5 Å². The summed E-state index contributed by atoms with van der Waals surface area (Å²) in [5.41, 5.74) is 0.769. The average Bonchev–Trinajstić information content (AvgIpc) is 3.11. The van der Waals surface area contributed by atoms with Gasteiger partial charge in [0.1, 0.15) is 0 Å². The number of carbonyl (C=O) groups excluding carboxylic acids is 1. The van der Waals surface area contributed by atoms with Crippen molar-refractivity contribution in [2.75, 3.05) is 33.4 Å². The summed E-state index contributed by atoms with van der Waals surface area (Å²) in [4.78, 5) is 18.0. The van der Waals surface area contributed by atoms with Crippen LogP contribution in [0, 0.1) is 5.41 Å². The highest BCUT2D eigenvalue weighted by Crippen LogP contribution is 2.35. The summed E-state index contributed by atoms with van der Waals surface area (Å²) in [6.45, 7) is 1.27. The van der Waals surface area contributed by atoms with Crippen LogP contribution in [0.25, 0.3) is 10.9 Å². The smallest absolute Gasteiger partial charge is 0.256 e. The fraction of sp³-hybridized carbons (Fsp3) is 0.526. The number of methoxy groups -OCH3 is 1.